The smallest absolute Gasteiger partial charge is 0.254 e. The van der Waals surface area contributed by atoms with Gasteiger partial charge in [-0.05, 0) is 56.4 Å². The molecule has 2 aromatic heterocycles. The molecule has 0 spiro atoms. The summed E-state index contributed by atoms with van der Waals surface area (Å²) >= 11 is 0. The Labute approximate surface area is 202 Å². The first-order chi connectivity index (χ1) is 16.9. The summed E-state index contributed by atoms with van der Waals surface area (Å²) in [6, 6.07) is 6.02. The molecule has 184 valence electrons. The molecule has 0 radical (unpaired) electrons. The van der Waals surface area contributed by atoms with E-state index in [0.717, 1.165) is 46.9 Å². The third kappa shape index (κ3) is 4.29. The standard InChI is InChI=1S/C25H29N5O5/c1-15-18(16(2)30-24(29-15)19(12-28-30)23(26)32)4-6-22(31)27-13-25(7-9-33-10-8-25)17-3-5-20-21(11-17)35-14-34-20/h3,5,11-12H,4,6-10,13-14H2,1-2H3,(H2,26,32)(H,27,31). The molecule has 1 saturated heterocycles. The van der Waals surface area contributed by atoms with E-state index in [2.05, 4.69) is 21.5 Å². The Balaban J connectivity index is 1.28. The lowest BCUT2D eigenvalue weighted by Gasteiger charge is -2.38. The summed E-state index contributed by atoms with van der Waals surface area (Å²) < 4.78 is 18.3. The van der Waals surface area contributed by atoms with Crippen LogP contribution < -0.4 is 20.5 Å². The number of hydrogen-bond donors (Lipinski definition) is 2. The largest absolute Gasteiger partial charge is 0.454 e. The number of amides is 2. The molecule has 2 amide bonds. The van der Waals surface area contributed by atoms with Gasteiger partial charge in [0.05, 0.1) is 6.20 Å². The van der Waals surface area contributed by atoms with Crippen LogP contribution in [-0.4, -0.2) is 53.0 Å². The van der Waals surface area contributed by atoms with Crippen LogP contribution in [0.4, 0.5) is 0 Å². The van der Waals surface area contributed by atoms with E-state index in [1.165, 1.54) is 6.20 Å². The number of aryl methyl sites for hydroxylation is 2. The lowest BCUT2D eigenvalue weighted by Crippen LogP contribution is -2.44. The Kier molecular flexibility index (Phi) is 6.06. The van der Waals surface area contributed by atoms with Gasteiger partial charge in [0.25, 0.3) is 5.91 Å². The van der Waals surface area contributed by atoms with Crippen LogP contribution in [0, 0.1) is 13.8 Å². The molecule has 2 aliphatic rings. The number of nitrogens with one attached hydrogen (secondary N) is 1. The van der Waals surface area contributed by atoms with Crippen LogP contribution in [0.3, 0.4) is 0 Å². The first kappa shape index (κ1) is 23.1. The van der Waals surface area contributed by atoms with Gasteiger partial charge in [0, 0.05) is 43.0 Å². The summed E-state index contributed by atoms with van der Waals surface area (Å²) in [7, 11) is 0. The SMILES string of the molecule is Cc1nc2c(C(N)=O)cnn2c(C)c1CCC(=O)NCC1(c2ccc3c(c2)OCO3)CCOCC1. The molecular formula is C25H29N5O5. The minimum atomic E-state index is -0.567. The highest BCUT2D eigenvalue weighted by Gasteiger charge is 2.36. The number of fused-ring (bicyclic) bond motifs is 2. The molecule has 10 nitrogen and oxygen atoms in total. The van der Waals surface area contributed by atoms with Gasteiger partial charge in [-0.25, -0.2) is 9.50 Å². The molecule has 4 heterocycles. The van der Waals surface area contributed by atoms with Gasteiger partial charge in [-0.2, -0.15) is 5.10 Å². The van der Waals surface area contributed by atoms with E-state index in [1.807, 2.05) is 26.0 Å². The van der Waals surface area contributed by atoms with Gasteiger partial charge >= 0.3 is 0 Å². The molecule has 3 aromatic rings. The van der Waals surface area contributed by atoms with E-state index >= 15 is 0 Å². The Morgan fingerprint density at radius 1 is 1.17 bits per heavy atom. The molecule has 1 aromatic carbocycles. The molecule has 5 rings (SSSR count). The van der Waals surface area contributed by atoms with E-state index < -0.39 is 5.91 Å². The van der Waals surface area contributed by atoms with Gasteiger partial charge in [-0.3, -0.25) is 9.59 Å². The molecule has 1 fully saturated rings. The number of aromatic nitrogens is 3. The predicted octanol–water partition coefficient (Wildman–Crippen LogP) is 1.97. The zero-order valence-electron chi connectivity index (χ0n) is 19.9. The number of benzene rings is 1. The molecule has 10 heteroatoms. The van der Waals surface area contributed by atoms with Crippen molar-refractivity contribution in [1.29, 1.82) is 0 Å². The molecule has 0 bridgehead atoms. The van der Waals surface area contributed by atoms with Crippen molar-refractivity contribution in [3.63, 3.8) is 0 Å². The van der Waals surface area contributed by atoms with Crippen LogP contribution >= 0.6 is 0 Å². The third-order valence-corrected chi connectivity index (χ3v) is 7.13. The van der Waals surface area contributed by atoms with Gasteiger partial charge in [0.1, 0.15) is 5.56 Å². The van der Waals surface area contributed by atoms with Crippen molar-refractivity contribution in [3.8, 4) is 11.5 Å². The number of primary amides is 1. The Morgan fingerprint density at radius 3 is 2.71 bits per heavy atom. The first-order valence-electron chi connectivity index (χ1n) is 11.8. The molecular weight excluding hydrogens is 450 g/mol. The molecule has 0 saturated carbocycles. The fraction of sp³-hybridized carbons (Fsp3) is 0.440. The van der Waals surface area contributed by atoms with Crippen molar-refractivity contribution in [3.05, 3.63) is 52.5 Å². The monoisotopic (exact) mass is 479 g/mol. The second-order valence-corrected chi connectivity index (χ2v) is 9.16. The number of rotatable bonds is 7. The van der Waals surface area contributed by atoms with Crippen LogP contribution in [-0.2, 0) is 21.4 Å². The lowest BCUT2D eigenvalue weighted by molar-refractivity contribution is -0.121. The number of carbonyl (C=O) groups is 2. The average molecular weight is 480 g/mol. The highest BCUT2D eigenvalue weighted by molar-refractivity contribution is 5.98. The topological polar surface area (TPSA) is 130 Å². The van der Waals surface area contributed by atoms with Crippen molar-refractivity contribution in [2.24, 2.45) is 5.73 Å². The van der Waals surface area contributed by atoms with Crippen LogP contribution in [0.15, 0.2) is 24.4 Å². The number of hydrogen-bond acceptors (Lipinski definition) is 7. The molecule has 0 unspecified atom stereocenters. The lowest BCUT2D eigenvalue weighted by atomic mass is 9.74. The molecule has 35 heavy (non-hydrogen) atoms. The first-order valence-corrected chi connectivity index (χ1v) is 11.8. The quantitative estimate of drug-likeness (QED) is 0.530. The van der Waals surface area contributed by atoms with Crippen LogP contribution in [0.2, 0.25) is 0 Å². The second kappa shape index (κ2) is 9.18. The summed E-state index contributed by atoms with van der Waals surface area (Å²) in [5, 5.41) is 7.41. The normalized spacial score (nSPS) is 16.4. The number of nitrogens with zero attached hydrogens (tertiary/aromatic N) is 3. The highest BCUT2D eigenvalue weighted by Crippen LogP contribution is 2.40. The summed E-state index contributed by atoms with van der Waals surface area (Å²) in [6.45, 7) is 5.81. The van der Waals surface area contributed by atoms with Crippen molar-refractivity contribution < 1.29 is 23.8 Å². The van der Waals surface area contributed by atoms with E-state index in [9.17, 15) is 9.59 Å². The van der Waals surface area contributed by atoms with Crippen LogP contribution in [0.1, 0.15) is 52.1 Å². The second-order valence-electron chi connectivity index (χ2n) is 9.16. The molecule has 2 aliphatic heterocycles. The number of ether oxygens (including phenoxy) is 3. The maximum Gasteiger partial charge on any atom is 0.254 e. The number of carbonyl (C=O) groups excluding carboxylic acids is 2. The van der Waals surface area contributed by atoms with E-state index in [4.69, 9.17) is 19.9 Å². The van der Waals surface area contributed by atoms with Gasteiger partial charge < -0.3 is 25.3 Å². The summed E-state index contributed by atoms with van der Waals surface area (Å²) in [6.07, 6.45) is 3.88. The van der Waals surface area contributed by atoms with E-state index in [-0.39, 0.29) is 23.7 Å². The Bertz CT molecular complexity index is 1300. The van der Waals surface area contributed by atoms with Gasteiger partial charge in [0.15, 0.2) is 17.1 Å². The zero-order valence-corrected chi connectivity index (χ0v) is 19.9. The zero-order chi connectivity index (χ0) is 24.6. The van der Waals surface area contributed by atoms with E-state index in [1.54, 1.807) is 4.52 Å². The summed E-state index contributed by atoms with van der Waals surface area (Å²) in [5.74, 6) is 0.889. The van der Waals surface area contributed by atoms with Crippen LogP contribution in [0.5, 0.6) is 11.5 Å². The van der Waals surface area contributed by atoms with E-state index in [0.29, 0.717) is 38.2 Å². The Morgan fingerprint density at radius 2 is 1.94 bits per heavy atom. The molecule has 0 atom stereocenters. The van der Waals surface area contributed by atoms with Gasteiger partial charge in [-0.1, -0.05) is 6.07 Å². The third-order valence-electron chi connectivity index (χ3n) is 7.13. The average Bonchev–Trinajstić information content (AvgIpc) is 3.50. The Hall–Kier alpha value is -3.66. The van der Waals surface area contributed by atoms with Gasteiger partial charge in [0.2, 0.25) is 12.7 Å². The van der Waals surface area contributed by atoms with Crippen molar-refractivity contribution in [1.82, 2.24) is 19.9 Å². The highest BCUT2D eigenvalue weighted by atomic mass is 16.7. The number of nitrogens with two attached hydrogens (primary N) is 1. The predicted molar refractivity (Wildman–Crippen MR) is 127 cm³/mol. The fourth-order valence-corrected chi connectivity index (χ4v) is 5.00. The maximum absolute atomic E-state index is 12.9. The summed E-state index contributed by atoms with van der Waals surface area (Å²) in [4.78, 5) is 29.1. The summed E-state index contributed by atoms with van der Waals surface area (Å²) in [5.41, 5.74) is 9.58. The fourth-order valence-electron chi connectivity index (χ4n) is 5.00. The molecule has 3 N–H and O–H groups in total. The minimum absolute atomic E-state index is 0.0335. The van der Waals surface area contributed by atoms with Gasteiger partial charge in [-0.15, -0.1) is 0 Å². The maximum atomic E-state index is 12.9. The minimum Gasteiger partial charge on any atom is -0.454 e. The van der Waals surface area contributed by atoms with Crippen molar-refractivity contribution in [2.45, 2.75) is 44.9 Å². The van der Waals surface area contributed by atoms with Crippen molar-refractivity contribution in [2.75, 3.05) is 26.6 Å². The molecule has 0 aliphatic carbocycles. The van der Waals surface area contributed by atoms with Crippen molar-refractivity contribution >= 4 is 17.5 Å². The van der Waals surface area contributed by atoms with Crippen LogP contribution in [0.25, 0.3) is 5.65 Å².